The van der Waals surface area contributed by atoms with E-state index in [2.05, 4.69) is 0 Å². The fourth-order valence-corrected chi connectivity index (χ4v) is 2.49. The van der Waals surface area contributed by atoms with Crippen molar-refractivity contribution in [2.24, 2.45) is 5.92 Å². The van der Waals surface area contributed by atoms with Crippen molar-refractivity contribution in [3.63, 3.8) is 0 Å². The molecule has 0 spiro atoms. The molecule has 20 heavy (non-hydrogen) atoms. The fourth-order valence-electron chi connectivity index (χ4n) is 2.49. The molecule has 1 heterocycles. The fraction of sp³-hybridized carbons (Fsp3) is 0.467. The number of amides is 1. The number of carboxylic acid groups (broad SMARTS) is 1. The Hall–Kier alpha value is -2.04. The van der Waals surface area contributed by atoms with Crippen LogP contribution in [0, 0.1) is 5.92 Å². The number of ether oxygens (including phenoxy) is 1. The highest BCUT2D eigenvalue weighted by Crippen LogP contribution is 2.25. The molecule has 2 atom stereocenters. The Morgan fingerprint density at radius 2 is 2.20 bits per heavy atom. The summed E-state index contributed by atoms with van der Waals surface area (Å²) in [5, 5.41) is 8.98. The summed E-state index contributed by atoms with van der Waals surface area (Å²) in [4.78, 5) is 25.0. The van der Waals surface area contributed by atoms with Crippen molar-refractivity contribution < 1.29 is 19.4 Å². The van der Waals surface area contributed by atoms with Crippen molar-refractivity contribution in [2.45, 2.75) is 19.3 Å². The molecule has 0 bridgehead atoms. The number of benzene rings is 1. The SMILES string of the molecule is COc1cccc([C@@H](C)C(=O)N2CC[C@H](C(=O)O)C2)c1. The topological polar surface area (TPSA) is 66.8 Å². The van der Waals surface area contributed by atoms with E-state index in [1.165, 1.54) is 0 Å². The molecular weight excluding hydrogens is 258 g/mol. The molecule has 5 nitrogen and oxygen atoms in total. The molecule has 2 rings (SSSR count). The van der Waals surface area contributed by atoms with E-state index in [4.69, 9.17) is 9.84 Å². The minimum atomic E-state index is -0.825. The van der Waals surface area contributed by atoms with Crippen LogP contribution >= 0.6 is 0 Å². The number of hydrogen-bond donors (Lipinski definition) is 1. The predicted molar refractivity (Wildman–Crippen MR) is 73.7 cm³/mol. The number of carbonyl (C=O) groups is 2. The van der Waals surface area contributed by atoms with E-state index in [9.17, 15) is 9.59 Å². The van der Waals surface area contributed by atoms with Crippen molar-refractivity contribution in [3.05, 3.63) is 29.8 Å². The van der Waals surface area contributed by atoms with E-state index in [1.54, 1.807) is 12.0 Å². The summed E-state index contributed by atoms with van der Waals surface area (Å²) >= 11 is 0. The molecule has 1 aliphatic heterocycles. The Kier molecular flexibility index (Phi) is 4.27. The largest absolute Gasteiger partial charge is 0.497 e. The van der Waals surface area contributed by atoms with Crippen LogP contribution in [-0.4, -0.2) is 42.1 Å². The highest BCUT2D eigenvalue weighted by Gasteiger charge is 2.33. The zero-order valence-electron chi connectivity index (χ0n) is 11.7. The number of carboxylic acids is 1. The van der Waals surface area contributed by atoms with Crippen molar-refractivity contribution in [1.29, 1.82) is 0 Å². The van der Waals surface area contributed by atoms with Crippen molar-refractivity contribution >= 4 is 11.9 Å². The molecule has 5 heteroatoms. The van der Waals surface area contributed by atoms with Crippen LogP contribution in [0.15, 0.2) is 24.3 Å². The zero-order valence-corrected chi connectivity index (χ0v) is 11.7. The van der Waals surface area contributed by atoms with E-state index in [0.29, 0.717) is 25.3 Å². The maximum atomic E-state index is 12.4. The van der Waals surface area contributed by atoms with Crippen LogP contribution in [0.25, 0.3) is 0 Å². The molecule has 0 aliphatic carbocycles. The average molecular weight is 277 g/mol. The van der Waals surface area contributed by atoms with Crippen LogP contribution in [0.4, 0.5) is 0 Å². The lowest BCUT2D eigenvalue weighted by molar-refractivity contribution is -0.141. The van der Waals surface area contributed by atoms with Gasteiger partial charge >= 0.3 is 5.97 Å². The molecule has 1 fully saturated rings. The van der Waals surface area contributed by atoms with Crippen molar-refractivity contribution in [1.82, 2.24) is 4.90 Å². The number of rotatable bonds is 4. The van der Waals surface area contributed by atoms with Gasteiger partial charge in [0.05, 0.1) is 18.9 Å². The average Bonchev–Trinajstić information content (AvgIpc) is 2.95. The molecule has 108 valence electrons. The molecule has 1 aromatic carbocycles. The Labute approximate surface area is 118 Å². The van der Waals surface area contributed by atoms with E-state index >= 15 is 0 Å². The number of carbonyl (C=O) groups excluding carboxylic acids is 1. The number of aliphatic carboxylic acids is 1. The molecule has 1 saturated heterocycles. The van der Waals surface area contributed by atoms with Gasteiger partial charge in [0.15, 0.2) is 0 Å². The van der Waals surface area contributed by atoms with E-state index in [-0.39, 0.29) is 11.8 Å². The van der Waals surface area contributed by atoms with Crippen LogP contribution in [0.5, 0.6) is 5.75 Å². The molecular formula is C15H19NO4. The van der Waals surface area contributed by atoms with Gasteiger partial charge in [-0.05, 0) is 31.0 Å². The van der Waals surface area contributed by atoms with Gasteiger partial charge in [0.25, 0.3) is 0 Å². The molecule has 1 aliphatic rings. The van der Waals surface area contributed by atoms with Crippen LogP contribution in [0.2, 0.25) is 0 Å². The first-order valence-electron chi connectivity index (χ1n) is 6.68. The van der Waals surface area contributed by atoms with Gasteiger partial charge in [-0.3, -0.25) is 9.59 Å². The maximum absolute atomic E-state index is 12.4. The number of methoxy groups -OCH3 is 1. The van der Waals surface area contributed by atoms with Gasteiger partial charge in [-0.15, -0.1) is 0 Å². The number of nitrogens with zero attached hydrogens (tertiary/aromatic N) is 1. The minimum absolute atomic E-state index is 0.0259. The standard InChI is InChI=1S/C15H19NO4/c1-10(11-4-3-5-13(8-11)20-2)14(17)16-7-6-12(9-16)15(18)19/h3-5,8,10,12H,6-7,9H2,1-2H3,(H,18,19)/t10-,12+/m1/s1. The molecule has 1 amide bonds. The summed E-state index contributed by atoms with van der Waals surface area (Å²) in [5.41, 5.74) is 0.883. The first-order chi connectivity index (χ1) is 9.52. The third-order valence-electron chi connectivity index (χ3n) is 3.81. The molecule has 0 unspecified atom stereocenters. The van der Waals surface area contributed by atoms with Crippen molar-refractivity contribution in [3.8, 4) is 5.75 Å². The van der Waals surface area contributed by atoms with Gasteiger partial charge in [0, 0.05) is 13.1 Å². The number of likely N-dealkylation sites (tertiary alicyclic amines) is 1. The molecule has 0 aromatic heterocycles. The molecule has 0 saturated carbocycles. The minimum Gasteiger partial charge on any atom is -0.497 e. The summed E-state index contributed by atoms with van der Waals surface area (Å²) < 4.78 is 5.16. The normalized spacial score (nSPS) is 19.7. The second-order valence-corrected chi connectivity index (χ2v) is 5.11. The molecule has 1 N–H and O–H groups in total. The first kappa shape index (κ1) is 14.4. The maximum Gasteiger partial charge on any atom is 0.308 e. The Balaban J connectivity index is 2.07. The Morgan fingerprint density at radius 3 is 2.80 bits per heavy atom. The van der Waals surface area contributed by atoms with Gasteiger partial charge in [-0.2, -0.15) is 0 Å². The highest BCUT2D eigenvalue weighted by atomic mass is 16.5. The predicted octanol–water partition coefficient (Wildman–Crippen LogP) is 1.73. The van der Waals surface area contributed by atoms with Crippen LogP contribution in [0.3, 0.4) is 0 Å². The van der Waals surface area contributed by atoms with Gasteiger partial charge in [-0.25, -0.2) is 0 Å². The lowest BCUT2D eigenvalue weighted by Crippen LogP contribution is -2.33. The third-order valence-corrected chi connectivity index (χ3v) is 3.81. The van der Waals surface area contributed by atoms with E-state index in [0.717, 1.165) is 5.56 Å². The zero-order chi connectivity index (χ0) is 14.7. The highest BCUT2D eigenvalue weighted by molar-refractivity contribution is 5.84. The summed E-state index contributed by atoms with van der Waals surface area (Å²) in [5.74, 6) is -0.863. The van der Waals surface area contributed by atoms with Crippen LogP contribution in [-0.2, 0) is 9.59 Å². The van der Waals surface area contributed by atoms with Gasteiger partial charge in [0.2, 0.25) is 5.91 Å². The third kappa shape index (κ3) is 2.92. The van der Waals surface area contributed by atoms with E-state index < -0.39 is 11.9 Å². The number of hydrogen-bond acceptors (Lipinski definition) is 3. The molecule has 0 radical (unpaired) electrons. The second kappa shape index (κ2) is 5.94. The van der Waals surface area contributed by atoms with Gasteiger partial charge in [0.1, 0.15) is 5.75 Å². The summed E-state index contributed by atoms with van der Waals surface area (Å²) in [6.07, 6.45) is 0.534. The summed E-state index contributed by atoms with van der Waals surface area (Å²) in [6.45, 7) is 2.66. The van der Waals surface area contributed by atoms with Gasteiger partial charge in [-0.1, -0.05) is 12.1 Å². The van der Waals surface area contributed by atoms with Crippen LogP contribution in [0.1, 0.15) is 24.8 Å². The summed E-state index contributed by atoms with van der Waals surface area (Å²) in [6, 6.07) is 7.40. The first-order valence-corrected chi connectivity index (χ1v) is 6.68. The Morgan fingerprint density at radius 1 is 1.45 bits per heavy atom. The van der Waals surface area contributed by atoms with Gasteiger partial charge < -0.3 is 14.7 Å². The van der Waals surface area contributed by atoms with Crippen molar-refractivity contribution in [2.75, 3.05) is 20.2 Å². The second-order valence-electron chi connectivity index (χ2n) is 5.11. The smallest absolute Gasteiger partial charge is 0.308 e. The monoisotopic (exact) mass is 277 g/mol. The quantitative estimate of drug-likeness (QED) is 0.910. The summed E-state index contributed by atoms with van der Waals surface area (Å²) in [7, 11) is 1.59. The Bertz CT molecular complexity index is 514. The lowest BCUT2D eigenvalue weighted by atomic mass is 9.99. The molecule has 1 aromatic rings. The lowest BCUT2D eigenvalue weighted by Gasteiger charge is -2.21. The van der Waals surface area contributed by atoms with E-state index in [1.807, 2.05) is 31.2 Å². The van der Waals surface area contributed by atoms with Crippen LogP contribution < -0.4 is 4.74 Å².